The maximum Gasteiger partial charge on any atom is 0.0292 e. The predicted molar refractivity (Wildman–Crippen MR) is 55.0 cm³/mol. The van der Waals surface area contributed by atoms with Gasteiger partial charge in [0, 0.05) is 6.04 Å². The summed E-state index contributed by atoms with van der Waals surface area (Å²) in [7, 11) is 0. The third-order valence-corrected chi connectivity index (χ3v) is 4.09. The Kier molecular flexibility index (Phi) is 2.61. The molecular weight excluding hydrogens is 160 g/mol. The largest absolute Gasteiger partial charge is 0.271 e. The zero-order valence-corrected chi connectivity index (χ0v) is 8.68. The summed E-state index contributed by atoms with van der Waals surface area (Å²) in [6.45, 7) is 2.38. The van der Waals surface area contributed by atoms with E-state index in [0.29, 0.717) is 11.5 Å². The lowest BCUT2D eigenvalue weighted by atomic mass is 9.78. The highest BCUT2D eigenvalue weighted by molar-refractivity contribution is 5.01. The molecule has 0 aromatic rings. The van der Waals surface area contributed by atoms with Crippen molar-refractivity contribution in [2.24, 2.45) is 17.2 Å². The second-order valence-corrected chi connectivity index (χ2v) is 5.20. The molecule has 1 atom stereocenters. The van der Waals surface area contributed by atoms with Crippen LogP contribution in [0, 0.1) is 11.3 Å². The lowest BCUT2D eigenvalue weighted by molar-refractivity contribution is 0.203. The normalized spacial score (nSPS) is 30.0. The van der Waals surface area contributed by atoms with Gasteiger partial charge in [-0.2, -0.15) is 0 Å². The van der Waals surface area contributed by atoms with Crippen LogP contribution in [0.2, 0.25) is 0 Å². The van der Waals surface area contributed by atoms with Gasteiger partial charge in [-0.1, -0.05) is 26.2 Å². The third kappa shape index (κ3) is 1.89. The zero-order chi connectivity index (χ0) is 9.31. The van der Waals surface area contributed by atoms with Crippen LogP contribution in [0.4, 0.5) is 0 Å². The maximum atomic E-state index is 5.68. The van der Waals surface area contributed by atoms with Gasteiger partial charge in [0.25, 0.3) is 0 Å². The van der Waals surface area contributed by atoms with Gasteiger partial charge in [0.15, 0.2) is 0 Å². The van der Waals surface area contributed by atoms with Crippen LogP contribution >= 0.6 is 0 Å². The molecule has 0 spiro atoms. The summed E-state index contributed by atoms with van der Waals surface area (Å²) in [4.78, 5) is 0. The van der Waals surface area contributed by atoms with Crippen LogP contribution in [0.5, 0.6) is 0 Å². The number of hydrogen-bond acceptors (Lipinski definition) is 2. The van der Waals surface area contributed by atoms with Crippen LogP contribution in [0.15, 0.2) is 0 Å². The lowest BCUT2D eigenvalue weighted by Crippen LogP contribution is -2.46. The quantitative estimate of drug-likeness (QED) is 0.518. The van der Waals surface area contributed by atoms with Gasteiger partial charge in [0.1, 0.15) is 0 Å². The van der Waals surface area contributed by atoms with E-state index < -0.39 is 0 Å². The van der Waals surface area contributed by atoms with Gasteiger partial charge < -0.3 is 0 Å². The number of rotatable bonds is 3. The molecule has 0 amide bonds. The van der Waals surface area contributed by atoms with Crippen molar-refractivity contribution in [2.75, 3.05) is 0 Å². The molecule has 2 nitrogen and oxygen atoms in total. The Hall–Kier alpha value is -0.0800. The molecule has 2 saturated carbocycles. The van der Waals surface area contributed by atoms with Crippen molar-refractivity contribution in [2.45, 2.75) is 57.9 Å². The van der Waals surface area contributed by atoms with Gasteiger partial charge in [-0.25, -0.2) is 0 Å². The average Bonchev–Trinajstić information content (AvgIpc) is 2.87. The van der Waals surface area contributed by atoms with Gasteiger partial charge in [0.05, 0.1) is 0 Å². The summed E-state index contributed by atoms with van der Waals surface area (Å²) in [5, 5.41) is 0. The highest BCUT2D eigenvalue weighted by Gasteiger charge is 2.47. The summed E-state index contributed by atoms with van der Waals surface area (Å²) in [6.07, 6.45) is 9.80. The van der Waals surface area contributed by atoms with E-state index in [9.17, 15) is 0 Å². The van der Waals surface area contributed by atoms with Crippen molar-refractivity contribution in [1.82, 2.24) is 5.43 Å². The molecule has 0 bridgehead atoms. The SMILES string of the molecule is CC1(C(NN)C2CCCCC2)CC1. The molecule has 2 aliphatic rings. The standard InChI is InChI=1S/C11H22N2/c1-11(7-8-11)10(13-12)9-5-3-2-4-6-9/h9-10,13H,2-8,12H2,1H3. The van der Waals surface area contributed by atoms with Crippen LogP contribution in [-0.4, -0.2) is 6.04 Å². The second-order valence-electron chi connectivity index (χ2n) is 5.20. The minimum absolute atomic E-state index is 0.538. The summed E-state index contributed by atoms with van der Waals surface area (Å²) in [5.41, 5.74) is 3.61. The van der Waals surface area contributed by atoms with Crippen molar-refractivity contribution in [3.63, 3.8) is 0 Å². The van der Waals surface area contributed by atoms with Crippen molar-refractivity contribution >= 4 is 0 Å². The zero-order valence-electron chi connectivity index (χ0n) is 8.68. The fourth-order valence-electron chi connectivity index (χ4n) is 2.88. The van der Waals surface area contributed by atoms with Crippen molar-refractivity contribution in [3.8, 4) is 0 Å². The molecule has 1 unspecified atom stereocenters. The fourth-order valence-corrected chi connectivity index (χ4v) is 2.88. The van der Waals surface area contributed by atoms with Gasteiger partial charge in [-0.15, -0.1) is 0 Å². The highest BCUT2D eigenvalue weighted by atomic mass is 15.2. The molecule has 0 saturated heterocycles. The number of hydrazine groups is 1. The summed E-state index contributed by atoms with van der Waals surface area (Å²) < 4.78 is 0. The monoisotopic (exact) mass is 182 g/mol. The van der Waals surface area contributed by atoms with E-state index in [1.165, 1.54) is 44.9 Å². The Morgan fingerprint density at radius 1 is 1.23 bits per heavy atom. The first-order chi connectivity index (χ1) is 6.26. The van der Waals surface area contributed by atoms with E-state index in [1.807, 2.05) is 0 Å². The summed E-state index contributed by atoms with van der Waals surface area (Å²) in [6, 6.07) is 0.591. The smallest absolute Gasteiger partial charge is 0.0292 e. The molecule has 2 aliphatic carbocycles. The first-order valence-electron chi connectivity index (χ1n) is 5.72. The second kappa shape index (κ2) is 3.58. The number of hydrogen-bond donors (Lipinski definition) is 2. The Balaban J connectivity index is 1.94. The topological polar surface area (TPSA) is 38.0 Å². The highest BCUT2D eigenvalue weighted by Crippen LogP contribution is 2.51. The maximum absolute atomic E-state index is 5.68. The van der Waals surface area contributed by atoms with Gasteiger partial charge in [-0.05, 0) is 37.0 Å². The molecule has 76 valence electrons. The number of nitrogens with one attached hydrogen (secondary N) is 1. The molecule has 2 rings (SSSR count). The van der Waals surface area contributed by atoms with E-state index >= 15 is 0 Å². The predicted octanol–water partition coefficient (Wildman–Crippen LogP) is 2.20. The van der Waals surface area contributed by atoms with Crippen LogP contribution in [0.1, 0.15) is 51.9 Å². The Bertz CT molecular complexity index is 169. The molecule has 0 aromatic heterocycles. The Morgan fingerprint density at radius 2 is 1.85 bits per heavy atom. The van der Waals surface area contributed by atoms with Crippen molar-refractivity contribution < 1.29 is 0 Å². The van der Waals surface area contributed by atoms with E-state index in [-0.39, 0.29) is 0 Å². The molecule has 0 aromatic carbocycles. The molecule has 2 heteroatoms. The minimum Gasteiger partial charge on any atom is -0.271 e. The summed E-state index contributed by atoms with van der Waals surface area (Å²) >= 11 is 0. The lowest BCUT2D eigenvalue weighted by Gasteiger charge is -2.34. The molecule has 0 heterocycles. The molecule has 3 N–H and O–H groups in total. The van der Waals surface area contributed by atoms with E-state index in [4.69, 9.17) is 5.84 Å². The van der Waals surface area contributed by atoms with Crippen molar-refractivity contribution in [3.05, 3.63) is 0 Å². The first kappa shape index (κ1) is 9.47. The van der Waals surface area contributed by atoms with E-state index in [2.05, 4.69) is 12.3 Å². The van der Waals surface area contributed by atoms with E-state index in [0.717, 1.165) is 5.92 Å². The fraction of sp³-hybridized carbons (Fsp3) is 1.00. The van der Waals surface area contributed by atoms with Gasteiger partial charge in [-0.3, -0.25) is 11.3 Å². The third-order valence-electron chi connectivity index (χ3n) is 4.09. The minimum atomic E-state index is 0.538. The van der Waals surface area contributed by atoms with Crippen LogP contribution in [-0.2, 0) is 0 Å². The molecule has 2 fully saturated rings. The van der Waals surface area contributed by atoms with Gasteiger partial charge >= 0.3 is 0 Å². The average molecular weight is 182 g/mol. The van der Waals surface area contributed by atoms with Crippen LogP contribution in [0.25, 0.3) is 0 Å². The number of nitrogens with two attached hydrogens (primary N) is 1. The van der Waals surface area contributed by atoms with Crippen molar-refractivity contribution in [1.29, 1.82) is 0 Å². The first-order valence-corrected chi connectivity index (χ1v) is 5.72. The molecule has 0 radical (unpaired) electrons. The molecule has 0 aliphatic heterocycles. The molecular formula is C11H22N2. The molecule has 13 heavy (non-hydrogen) atoms. The van der Waals surface area contributed by atoms with Crippen LogP contribution < -0.4 is 11.3 Å². The van der Waals surface area contributed by atoms with Gasteiger partial charge in [0.2, 0.25) is 0 Å². The Labute approximate surface area is 81.2 Å². The summed E-state index contributed by atoms with van der Waals surface area (Å²) in [5.74, 6) is 6.53. The van der Waals surface area contributed by atoms with Crippen LogP contribution in [0.3, 0.4) is 0 Å². The Morgan fingerprint density at radius 3 is 2.31 bits per heavy atom. The van der Waals surface area contributed by atoms with E-state index in [1.54, 1.807) is 0 Å².